The van der Waals surface area contributed by atoms with Gasteiger partial charge in [0, 0.05) is 39.8 Å². The lowest BCUT2D eigenvalue weighted by Gasteiger charge is -2.37. The highest BCUT2D eigenvalue weighted by Gasteiger charge is 2.20. The molecule has 1 saturated heterocycles. The van der Waals surface area contributed by atoms with E-state index in [1.165, 1.54) is 5.00 Å². The van der Waals surface area contributed by atoms with Crippen molar-refractivity contribution in [1.29, 1.82) is 0 Å². The van der Waals surface area contributed by atoms with Crippen molar-refractivity contribution in [2.24, 2.45) is 10.9 Å². The number of nitrogens with zero attached hydrogens (tertiary/aromatic N) is 3. The molecular weight excluding hydrogens is 383 g/mol. The number of aliphatic imine (C=N–C) groups is 1. The third kappa shape index (κ3) is 4.80. The third-order valence-electron chi connectivity index (χ3n) is 3.28. The monoisotopic (exact) mass is 408 g/mol. The second-order valence-electron chi connectivity index (χ2n) is 5.25. The minimum Gasteiger partial charge on any atom is -0.360 e. The summed E-state index contributed by atoms with van der Waals surface area (Å²) in [6.07, 6.45) is 0. The first kappa shape index (κ1) is 17.6. The van der Waals surface area contributed by atoms with Crippen LogP contribution in [0.5, 0.6) is 0 Å². The zero-order valence-corrected chi connectivity index (χ0v) is 15.6. The Labute approximate surface area is 143 Å². The Hall–Kier alpha value is -0.500. The van der Waals surface area contributed by atoms with E-state index in [0.29, 0.717) is 5.92 Å². The van der Waals surface area contributed by atoms with Gasteiger partial charge in [0.2, 0.25) is 0 Å². The average Bonchev–Trinajstić information content (AvgIpc) is 2.94. The summed E-state index contributed by atoms with van der Waals surface area (Å²) in [4.78, 5) is 9.20. The normalized spacial score (nSPS) is 16.3. The van der Waals surface area contributed by atoms with Gasteiger partial charge in [-0.3, -0.25) is 4.99 Å². The molecule has 1 aliphatic heterocycles. The van der Waals surface area contributed by atoms with Crippen LogP contribution in [0.15, 0.2) is 22.5 Å². The summed E-state index contributed by atoms with van der Waals surface area (Å²) < 4.78 is 0. The number of guanidine groups is 1. The van der Waals surface area contributed by atoms with Crippen molar-refractivity contribution < 1.29 is 0 Å². The summed E-state index contributed by atoms with van der Waals surface area (Å²) in [7, 11) is 1.87. The smallest absolute Gasteiger partial charge is 0.193 e. The molecule has 0 saturated carbocycles. The maximum absolute atomic E-state index is 4.39. The zero-order chi connectivity index (χ0) is 13.7. The van der Waals surface area contributed by atoms with Gasteiger partial charge in [-0.1, -0.05) is 13.8 Å². The highest BCUT2D eigenvalue weighted by Crippen LogP contribution is 2.22. The van der Waals surface area contributed by atoms with Crippen molar-refractivity contribution in [2.75, 3.05) is 44.7 Å². The van der Waals surface area contributed by atoms with E-state index in [-0.39, 0.29) is 24.0 Å². The van der Waals surface area contributed by atoms with Crippen molar-refractivity contribution in [3.8, 4) is 0 Å². The first-order valence-electron chi connectivity index (χ1n) is 6.94. The fourth-order valence-corrected chi connectivity index (χ4v) is 3.00. The largest absolute Gasteiger partial charge is 0.360 e. The Morgan fingerprint density at radius 1 is 1.35 bits per heavy atom. The predicted molar refractivity (Wildman–Crippen MR) is 99.7 cm³/mol. The number of rotatable bonds is 3. The van der Waals surface area contributed by atoms with Crippen LogP contribution in [-0.4, -0.2) is 50.6 Å². The van der Waals surface area contributed by atoms with E-state index in [1.807, 2.05) is 18.4 Å². The molecule has 6 heteroatoms. The van der Waals surface area contributed by atoms with Gasteiger partial charge in [-0.05, 0) is 23.4 Å². The van der Waals surface area contributed by atoms with E-state index in [4.69, 9.17) is 0 Å². The lowest BCUT2D eigenvalue weighted by atomic mass is 10.2. The SMILES string of the molecule is CN=C(NCC(C)C)N1CCN(c2cccs2)CC1.I. The molecule has 0 aliphatic carbocycles. The molecule has 4 nitrogen and oxygen atoms in total. The van der Waals surface area contributed by atoms with E-state index in [2.05, 4.69) is 51.5 Å². The van der Waals surface area contributed by atoms with Gasteiger partial charge in [0.15, 0.2) is 5.96 Å². The quantitative estimate of drug-likeness (QED) is 0.474. The molecule has 0 amide bonds. The number of anilines is 1. The van der Waals surface area contributed by atoms with E-state index >= 15 is 0 Å². The summed E-state index contributed by atoms with van der Waals surface area (Å²) in [5.74, 6) is 1.68. The lowest BCUT2D eigenvalue weighted by molar-refractivity contribution is 0.371. The fourth-order valence-electron chi connectivity index (χ4n) is 2.22. The highest BCUT2D eigenvalue weighted by atomic mass is 127. The maximum Gasteiger partial charge on any atom is 0.193 e. The van der Waals surface area contributed by atoms with Gasteiger partial charge in [0.1, 0.15) is 0 Å². The molecule has 2 rings (SSSR count). The molecule has 0 aromatic carbocycles. The van der Waals surface area contributed by atoms with Gasteiger partial charge in [-0.15, -0.1) is 35.3 Å². The summed E-state index contributed by atoms with van der Waals surface area (Å²) in [5.41, 5.74) is 0. The summed E-state index contributed by atoms with van der Waals surface area (Å²) in [6, 6.07) is 4.32. The van der Waals surface area contributed by atoms with E-state index in [0.717, 1.165) is 38.7 Å². The van der Waals surface area contributed by atoms with Crippen LogP contribution in [-0.2, 0) is 0 Å². The van der Waals surface area contributed by atoms with Crippen LogP contribution in [0.3, 0.4) is 0 Å². The Morgan fingerprint density at radius 3 is 2.55 bits per heavy atom. The molecule has 1 aliphatic rings. The Balaban J connectivity index is 0.00000200. The molecule has 114 valence electrons. The highest BCUT2D eigenvalue weighted by molar-refractivity contribution is 14.0. The molecular formula is C14H25IN4S. The third-order valence-corrected chi connectivity index (χ3v) is 4.21. The summed E-state index contributed by atoms with van der Waals surface area (Å²) in [5, 5.41) is 6.97. The van der Waals surface area contributed by atoms with E-state index < -0.39 is 0 Å². The van der Waals surface area contributed by atoms with Gasteiger partial charge in [0.05, 0.1) is 5.00 Å². The topological polar surface area (TPSA) is 30.9 Å². The molecule has 1 fully saturated rings. The second kappa shape index (κ2) is 8.71. The molecule has 1 N–H and O–H groups in total. The number of thiophene rings is 1. The van der Waals surface area contributed by atoms with Gasteiger partial charge in [-0.2, -0.15) is 0 Å². The molecule has 1 aromatic heterocycles. The van der Waals surface area contributed by atoms with Crippen LogP contribution in [0.25, 0.3) is 0 Å². The van der Waals surface area contributed by atoms with E-state index in [1.54, 1.807) is 0 Å². The van der Waals surface area contributed by atoms with Crippen LogP contribution < -0.4 is 10.2 Å². The molecule has 20 heavy (non-hydrogen) atoms. The van der Waals surface area contributed by atoms with Crippen molar-refractivity contribution in [1.82, 2.24) is 10.2 Å². The van der Waals surface area contributed by atoms with Gasteiger partial charge in [0.25, 0.3) is 0 Å². The predicted octanol–water partition coefficient (Wildman–Crippen LogP) is 2.72. The fraction of sp³-hybridized carbons (Fsp3) is 0.643. The molecule has 1 aromatic rings. The summed E-state index contributed by atoms with van der Waals surface area (Å²) in [6.45, 7) is 9.64. The average molecular weight is 408 g/mol. The van der Waals surface area contributed by atoms with E-state index in [9.17, 15) is 0 Å². The molecule has 0 unspecified atom stereocenters. The van der Waals surface area contributed by atoms with Gasteiger partial charge < -0.3 is 15.1 Å². The van der Waals surface area contributed by atoms with Crippen LogP contribution in [0, 0.1) is 5.92 Å². The lowest BCUT2D eigenvalue weighted by Crippen LogP contribution is -2.52. The van der Waals surface area contributed by atoms with Crippen molar-refractivity contribution in [3.05, 3.63) is 17.5 Å². The first-order chi connectivity index (χ1) is 9.20. The standard InChI is InChI=1S/C14H24N4S.HI/c1-12(2)11-16-14(15-3)18-8-6-17(7-9-18)13-5-4-10-19-13;/h4-5,10,12H,6-9,11H2,1-3H3,(H,15,16);1H. The minimum absolute atomic E-state index is 0. The Morgan fingerprint density at radius 2 is 2.05 bits per heavy atom. The molecule has 2 heterocycles. The van der Waals surface area contributed by atoms with Crippen LogP contribution in [0.2, 0.25) is 0 Å². The number of piperazine rings is 1. The van der Waals surface area contributed by atoms with Crippen molar-refractivity contribution in [2.45, 2.75) is 13.8 Å². The minimum atomic E-state index is 0. The van der Waals surface area contributed by atoms with Gasteiger partial charge in [-0.25, -0.2) is 0 Å². The van der Waals surface area contributed by atoms with Crippen LogP contribution >= 0.6 is 35.3 Å². The Bertz CT molecular complexity index is 397. The number of hydrogen-bond acceptors (Lipinski definition) is 3. The maximum atomic E-state index is 4.39. The first-order valence-corrected chi connectivity index (χ1v) is 7.82. The Kier molecular flexibility index (Phi) is 7.65. The number of halogens is 1. The second-order valence-corrected chi connectivity index (χ2v) is 6.17. The van der Waals surface area contributed by atoms with Crippen LogP contribution in [0.4, 0.5) is 5.00 Å². The van der Waals surface area contributed by atoms with Crippen LogP contribution in [0.1, 0.15) is 13.8 Å². The summed E-state index contributed by atoms with van der Waals surface area (Å²) >= 11 is 1.82. The number of hydrogen-bond donors (Lipinski definition) is 1. The molecule has 0 radical (unpaired) electrons. The molecule has 0 spiro atoms. The zero-order valence-electron chi connectivity index (χ0n) is 12.5. The molecule has 0 atom stereocenters. The van der Waals surface area contributed by atoms with Crippen molar-refractivity contribution >= 4 is 46.3 Å². The van der Waals surface area contributed by atoms with Crippen molar-refractivity contribution in [3.63, 3.8) is 0 Å². The molecule has 0 bridgehead atoms. The number of nitrogens with one attached hydrogen (secondary N) is 1. The van der Waals surface area contributed by atoms with Gasteiger partial charge >= 0.3 is 0 Å².